The molecule has 1 aliphatic heterocycles. The standard InChI is InChI=1S/C17H16N4O3S/c1-11-9-12-17(18-10-11)23-7-6-21(12)15(22)5-4-14-19-16(20-24-14)13-3-2-8-25-13/h2-3,8-10H,4-7H2,1H3. The Bertz CT molecular complexity index is 891. The Balaban J connectivity index is 1.44. The normalized spacial score (nSPS) is 13.4. The van der Waals surface area contributed by atoms with Gasteiger partial charge in [0, 0.05) is 19.0 Å². The van der Waals surface area contributed by atoms with Crippen molar-refractivity contribution in [1.29, 1.82) is 0 Å². The van der Waals surface area contributed by atoms with Crippen molar-refractivity contribution in [3.05, 3.63) is 41.2 Å². The molecule has 0 saturated heterocycles. The molecule has 0 atom stereocenters. The van der Waals surface area contributed by atoms with Gasteiger partial charge in [-0.25, -0.2) is 4.98 Å². The van der Waals surface area contributed by atoms with Gasteiger partial charge >= 0.3 is 0 Å². The molecule has 0 radical (unpaired) electrons. The molecular formula is C17H16N4O3S. The first-order valence-electron chi connectivity index (χ1n) is 7.97. The van der Waals surface area contributed by atoms with Crippen LogP contribution in [0, 0.1) is 6.92 Å². The largest absolute Gasteiger partial charge is 0.474 e. The number of pyridine rings is 1. The van der Waals surface area contributed by atoms with E-state index < -0.39 is 0 Å². The quantitative estimate of drug-likeness (QED) is 0.715. The number of thiophene rings is 1. The monoisotopic (exact) mass is 356 g/mol. The first kappa shape index (κ1) is 15.8. The Hall–Kier alpha value is -2.74. The smallest absolute Gasteiger partial charge is 0.238 e. The molecule has 0 aliphatic carbocycles. The molecule has 4 rings (SSSR count). The lowest BCUT2D eigenvalue weighted by Crippen LogP contribution is -2.38. The molecule has 0 unspecified atom stereocenters. The Morgan fingerprint density at radius 1 is 1.44 bits per heavy atom. The molecular weight excluding hydrogens is 340 g/mol. The Morgan fingerprint density at radius 3 is 3.20 bits per heavy atom. The number of fused-ring (bicyclic) bond motifs is 1. The van der Waals surface area contributed by atoms with Gasteiger partial charge in [0.25, 0.3) is 0 Å². The maximum Gasteiger partial charge on any atom is 0.238 e. The average molecular weight is 356 g/mol. The summed E-state index contributed by atoms with van der Waals surface area (Å²) in [5.41, 5.74) is 1.71. The molecule has 0 N–H and O–H groups in total. The summed E-state index contributed by atoms with van der Waals surface area (Å²) in [6.07, 6.45) is 2.43. The van der Waals surface area contributed by atoms with Crippen LogP contribution in [0.2, 0.25) is 0 Å². The van der Waals surface area contributed by atoms with Crippen LogP contribution in [0.5, 0.6) is 5.88 Å². The summed E-state index contributed by atoms with van der Waals surface area (Å²) in [5.74, 6) is 1.53. The molecule has 1 amide bonds. The topological polar surface area (TPSA) is 81.4 Å². The number of hydrogen-bond acceptors (Lipinski definition) is 7. The number of rotatable bonds is 4. The molecule has 0 aromatic carbocycles. The zero-order valence-electron chi connectivity index (χ0n) is 13.6. The van der Waals surface area contributed by atoms with E-state index in [-0.39, 0.29) is 5.91 Å². The van der Waals surface area contributed by atoms with Gasteiger partial charge in [0.1, 0.15) is 12.3 Å². The van der Waals surface area contributed by atoms with Crippen molar-refractivity contribution in [2.24, 2.45) is 0 Å². The van der Waals surface area contributed by atoms with Crippen LogP contribution in [0.15, 0.2) is 34.3 Å². The van der Waals surface area contributed by atoms with Crippen molar-refractivity contribution < 1.29 is 14.1 Å². The Labute approximate surface area is 148 Å². The maximum atomic E-state index is 12.6. The third-order valence-electron chi connectivity index (χ3n) is 3.88. The van der Waals surface area contributed by atoms with Crippen LogP contribution in [-0.2, 0) is 11.2 Å². The van der Waals surface area contributed by atoms with Gasteiger partial charge in [-0.05, 0) is 30.0 Å². The minimum atomic E-state index is -0.00664. The molecule has 128 valence electrons. The second kappa shape index (κ2) is 6.64. The SMILES string of the molecule is Cc1cnc2c(c1)N(C(=O)CCc1nc(-c3cccs3)no1)CCO2. The molecule has 0 saturated carbocycles. The van der Waals surface area contributed by atoms with E-state index in [0.29, 0.717) is 43.6 Å². The number of carbonyl (C=O) groups is 1. The molecule has 3 aromatic rings. The fourth-order valence-electron chi connectivity index (χ4n) is 2.67. The van der Waals surface area contributed by atoms with Crippen molar-refractivity contribution >= 4 is 22.9 Å². The van der Waals surface area contributed by atoms with Crippen LogP contribution in [0.3, 0.4) is 0 Å². The van der Waals surface area contributed by atoms with Gasteiger partial charge in [-0.2, -0.15) is 4.98 Å². The van der Waals surface area contributed by atoms with E-state index in [0.717, 1.165) is 16.1 Å². The molecule has 0 spiro atoms. The number of hydrogen-bond donors (Lipinski definition) is 0. The van der Waals surface area contributed by atoms with Crippen molar-refractivity contribution in [3.8, 4) is 16.6 Å². The lowest BCUT2D eigenvalue weighted by Gasteiger charge is -2.28. The minimum Gasteiger partial charge on any atom is -0.474 e. The molecule has 25 heavy (non-hydrogen) atoms. The van der Waals surface area contributed by atoms with E-state index >= 15 is 0 Å². The van der Waals surface area contributed by atoms with E-state index in [9.17, 15) is 4.79 Å². The maximum absolute atomic E-state index is 12.6. The summed E-state index contributed by atoms with van der Waals surface area (Å²) in [4.78, 5) is 23.9. The summed E-state index contributed by atoms with van der Waals surface area (Å²) in [6.45, 7) is 2.90. The van der Waals surface area contributed by atoms with Gasteiger partial charge in [0.15, 0.2) is 0 Å². The van der Waals surface area contributed by atoms with Gasteiger partial charge in [-0.15, -0.1) is 11.3 Å². The number of aromatic nitrogens is 3. The number of ether oxygens (including phenoxy) is 1. The van der Waals surface area contributed by atoms with E-state index in [4.69, 9.17) is 9.26 Å². The predicted octanol–water partition coefficient (Wildman–Crippen LogP) is 2.86. The molecule has 1 aliphatic rings. The summed E-state index contributed by atoms with van der Waals surface area (Å²) in [6, 6.07) is 5.79. The Morgan fingerprint density at radius 2 is 2.36 bits per heavy atom. The summed E-state index contributed by atoms with van der Waals surface area (Å²) >= 11 is 1.55. The Kier molecular flexibility index (Phi) is 4.19. The van der Waals surface area contributed by atoms with E-state index in [1.54, 1.807) is 22.4 Å². The first-order chi connectivity index (χ1) is 12.2. The fourth-order valence-corrected chi connectivity index (χ4v) is 3.32. The van der Waals surface area contributed by atoms with Gasteiger partial charge < -0.3 is 14.2 Å². The second-order valence-electron chi connectivity index (χ2n) is 5.72. The van der Waals surface area contributed by atoms with Crippen LogP contribution >= 0.6 is 11.3 Å². The highest BCUT2D eigenvalue weighted by Crippen LogP contribution is 2.30. The van der Waals surface area contributed by atoms with Crippen LogP contribution < -0.4 is 9.64 Å². The number of amides is 1. The highest BCUT2D eigenvalue weighted by Gasteiger charge is 2.25. The minimum absolute atomic E-state index is 0.00664. The molecule has 0 fully saturated rings. The molecule has 3 aromatic heterocycles. The molecule has 0 bridgehead atoms. The first-order valence-corrected chi connectivity index (χ1v) is 8.85. The van der Waals surface area contributed by atoms with Gasteiger partial charge in [0.05, 0.1) is 11.4 Å². The summed E-state index contributed by atoms with van der Waals surface area (Å²) in [5, 5.41) is 5.93. The number of aryl methyl sites for hydroxylation is 2. The third kappa shape index (κ3) is 3.25. The second-order valence-corrected chi connectivity index (χ2v) is 6.67. The highest BCUT2D eigenvalue weighted by atomic mass is 32.1. The summed E-state index contributed by atoms with van der Waals surface area (Å²) < 4.78 is 10.8. The van der Waals surface area contributed by atoms with Crippen LogP contribution in [0.1, 0.15) is 17.9 Å². The summed E-state index contributed by atoms with van der Waals surface area (Å²) in [7, 11) is 0. The van der Waals surface area contributed by atoms with E-state index in [1.165, 1.54) is 0 Å². The number of nitrogens with zero attached hydrogens (tertiary/aromatic N) is 4. The van der Waals surface area contributed by atoms with Crippen molar-refractivity contribution in [2.45, 2.75) is 19.8 Å². The molecule has 8 heteroatoms. The lowest BCUT2D eigenvalue weighted by molar-refractivity contribution is -0.118. The lowest BCUT2D eigenvalue weighted by atomic mass is 10.2. The third-order valence-corrected chi connectivity index (χ3v) is 4.74. The van der Waals surface area contributed by atoms with Crippen LogP contribution in [0.4, 0.5) is 5.69 Å². The van der Waals surface area contributed by atoms with Gasteiger partial charge in [-0.3, -0.25) is 4.79 Å². The zero-order valence-corrected chi connectivity index (χ0v) is 14.5. The van der Waals surface area contributed by atoms with Crippen molar-refractivity contribution in [3.63, 3.8) is 0 Å². The van der Waals surface area contributed by atoms with E-state index in [2.05, 4.69) is 15.1 Å². The van der Waals surface area contributed by atoms with Gasteiger partial charge in [0.2, 0.25) is 23.5 Å². The predicted molar refractivity (Wildman–Crippen MR) is 92.8 cm³/mol. The van der Waals surface area contributed by atoms with Crippen LogP contribution in [-0.4, -0.2) is 34.2 Å². The van der Waals surface area contributed by atoms with Gasteiger partial charge in [-0.1, -0.05) is 11.2 Å². The molecule has 4 heterocycles. The van der Waals surface area contributed by atoms with Crippen LogP contribution in [0.25, 0.3) is 10.7 Å². The van der Waals surface area contributed by atoms with Crippen molar-refractivity contribution in [2.75, 3.05) is 18.1 Å². The molecule has 7 nitrogen and oxygen atoms in total. The van der Waals surface area contributed by atoms with Crippen molar-refractivity contribution in [1.82, 2.24) is 15.1 Å². The zero-order chi connectivity index (χ0) is 17.2. The average Bonchev–Trinajstić information content (AvgIpc) is 3.30. The highest BCUT2D eigenvalue weighted by molar-refractivity contribution is 7.13. The van der Waals surface area contributed by atoms with E-state index in [1.807, 2.05) is 30.5 Å². The number of anilines is 1. The number of carbonyl (C=O) groups excluding carboxylic acids is 1. The fraction of sp³-hybridized carbons (Fsp3) is 0.294.